The van der Waals surface area contributed by atoms with Crippen molar-refractivity contribution in [1.29, 1.82) is 0 Å². The summed E-state index contributed by atoms with van der Waals surface area (Å²) in [5.41, 5.74) is 5.05. The van der Waals surface area contributed by atoms with Crippen molar-refractivity contribution in [1.82, 2.24) is 0 Å². The number of para-hydroxylation sites is 1. The van der Waals surface area contributed by atoms with E-state index in [-0.39, 0.29) is 5.91 Å². The van der Waals surface area contributed by atoms with Crippen LogP contribution in [-0.2, 0) is 11.2 Å². The average Bonchev–Trinajstić information content (AvgIpc) is 2.78. The van der Waals surface area contributed by atoms with Gasteiger partial charge in [-0.2, -0.15) is 0 Å². The average molecular weight is 267 g/mol. The Morgan fingerprint density at radius 3 is 2.63 bits per heavy atom. The third kappa shape index (κ3) is 2.17. The Morgan fingerprint density at radius 2 is 1.89 bits per heavy atom. The summed E-state index contributed by atoms with van der Waals surface area (Å²) in [6.07, 6.45) is 0.444. The summed E-state index contributed by atoms with van der Waals surface area (Å²) >= 11 is 5.56. The summed E-state index contributed by atoms with van der Waals surface area (Å²) in [4.78, 5) is 12.3. The van der Waals surface area contributed by atoms with Crippen LogP contribution in [0, 0.1) is 6.92 Å². The monoisotopic (exact) mass is 267 g/mol. The number of carbonyl (C=O) groups is 1. The standard InChI is InChI=1S/C16H13NOS/c1-10-5-7-11(8-6-10)16(19)13-4-2-3-12-9-14(18)17-15(12)13/h2-8H,9H2,1H3,(H,17,18). The SMILES string of the molecule is Cc1ccc(C(=S)c2cccc3c2NC(=O)C3)cc1. The first-order chi connectivity index (χ1) is 9.15. The molecular formula is C16H13NOS. The van der Waals surface area contributed by atoms with Crippen LogP contribution in [0.5, 0.6) is 0 Å². The Kier molecular flexibility index (Phi) is 2.91. The maximum absolute atomic E-state index is 11.5. The van der Waals surface area contributed by atoms with Crippen LogP contribution in [0.15, 0.2) is 42.5 Å². The topological polar surface area (TPSA) is 29.1 Å². The van der Waals surface area contributed by atoms with Gasteiger partial charge >= 0.3 is 0 Å². The molecule has 2 nitrogen and oxygen atoms in total. The molecule has 1 aliphatic heterocycles. The number of anilines is 1. The fourth-order valence-electron chi connectivity index (χ4n) is 2.30. The van der Waals surface area contributed by atoms with E-state index in [9.17, 15) is 4.79 Å². The van der Waals surface area contributed by atoms with Crippen molar-refractivity contribution in [2.24, 2.45) is 0 Å². The van der Waals surface area contributed by atoms with Crippen LogP contribution in [0.3, 0.4) is 0 Å². The highest BCUT2D eigenvalue weighted by molar-refractivity contribution is 7.81. The minimum Gasteiger partial charge on any atom is -0.325 e. The van der Waals surface area contributed by atoms with Gasteiger partial charge < -0.3 is 5.32 Å². The highest BCUT2D eigenvalue weighted by atomic mass is 32.1. The van der Waals surface area contributed by atoms with Gasteiger partial charge in [0.15, 0.2) is 0 Å². The molecule has 0 unspecified atom stereocenters. The van der Waals surface area contributed by atoms with Crippen molar-refractivity contribution < 1.29 is 4.79 Å². The highest BCUT2D eigenvalue weighted by Crippen LogP contribution is 2.29. The van der Waals surface area contributed by atoms with Gasteiger partial charge in [-0.1, -0.05) is 60.2 Å². The van der Waals surface area contributed by atoms with Gasteiger partial charge in [-0.15, -0.1) is 0 Å². The number of benzene rings is 2. The lowest BCUT2D eigenvalue weighted by atomic mass is 9.99. The molecule has 0 aliphatic carbocycles. The molecule has 0 atom stereocenters. The number of thiocarbonyl (C=S) groups is 1. The molecule has 0 saturated heterocycles. The fourth-order valence-corrected chi connectivity index (χ4v) is 2.61. The molecule has 0 bridgehead atoms. The lowest BCUT2D eigenvalue weighted by molar-refractivity contribution is -0.115. The van der Waals surface area contributed by atoms with Crippen LogP contribution in [0.2, 0.25) is 0 Å². The van der Waals surface area contributed by atoms with Gasteiger partial charge in [0.25, 0.3) is 0 Å². The molecule has 1 amide bonds. The zero-order chi connectivity index (χ0) is 13.4. The van der Waals surface area contributed by atoms with E-state index < -0.39 is 0 Å². The first-order valence-corrected chi connectivity index (χ1v) is 6.59. The summed E-state index contributed by atoms with van der Waals surface area (Å²) in [6.45, 7) is 2.05. The van der Waals surface area contributed by atoms with Crippen molar-refractivity contribution in [3.8, 4) is 0 Å². The van der Waals surface area contributed by atoms with E-state index in [0.717, 1.165) is 27.2 Å². The molecule has 0 saturated carbocycles. The molecule has 0 spiro atoms. The van der Waals surface area contributed by atoms with E-state index in [0.29, 0.717) is 6.42 Å². The van der Waals surface area contributed by atoms with Gasteiger partial charge in [0.05, 0.1) is 17.0 Å². The number of carbonyl (C=O) groups excluding carboxylic acids is 1. The summed E-state index contributed by atoms with van der Waals surface area (Å²) < 4.78 is 0. The second kappa shape index (κ2) is 4.59. The number of aryl methyl sites for hydroxylation is 1. The number of nitrogens with one attached hydrogen (secondary N) is 1. The van der Waals surface area contributed by atoms with Gasteiger partial charge in [-0.05, 0) is 18.1 Å². The minimum atomic E-state index is 0.0363. The van der Waals surface area contributed by atoms with E-state index in [1.807, 2.05) is 49.4 Å². The highest BCUT2D eigenvalue weighted by Gasteiger charge is 2.22. The lowest BCUT2D eigenvalue weighted by Crippen LogP contribution is -2.07. The van der Waals surface area contributed by atoms with Gasteiger partial charge in [0, 0.05) is 5.56 Å². The van der Waals surface area contributed by atoms with Crippen LogP contribution >= 0.6 is 12.2 Å². The summed E-state index contributed by atoms with van der Waals surface area (Å²) in [7, 11) is 0. The Morgan fingerprint density at radius 1 is 1.16 bits per heavy atom. The summed E-state index contributed by atoms with van der Waals surface area (Å²) in [5.74, 6) is 0.0363. The maximum atomic E-state index is 11.5. The van der Waals surface area contributed by atoms with Crippen molar-refractivity contribution in [2.45, 2.75) is 13.3 Å². The van der Waals surface area contributed by atoms with Crippen LogP contribution in [0.4, 0.5) is 5.69 Å². The van der Waals surface area contributed by atoms with E-state index in [1.54, 1.807) is 0 Å². The first kappa shape index (κ1) is 12.1. The van der Waals surface area contributed by atoms with E-state index in [2.05, 4.69) is 5.32 Å². The smallest absolute Gasteiger partial charge is 0.228 e. The van der Waals surface area contributed by atoms with Crippen LogP contribution < -0.4 is 5.32 Å². The van der Waals surface area contributed by atoms with Gasteiger partial charge in [0.2, 0.25) is 5.91 Å². The Balaban J connectivity index is 2.04. The van der Waals surface area contributed by atoms with Crippen LogP contribution in [0.1, 0.15) is 22.3 Å². The van der Waals surface area contributed by atoms with Crippen molar-refractivity contribution in [3.63, 3.8) is 0 Å². The second-order valence-corrected chi connectivity index (χ2v) is 5.17. The third-order valence-electron chi connectivity index (χ3n) is 3.32. The molecule has 0 radical (unpaired) electrons. The maximum Gasteiger partial charge on any atom is 0.228 e. The fraction of sp³-hybridized carbons (Fsp3) is 0.125. The number of rotatable bonds is 2. The quantitative estimate of drug-likeness (QED) is 0.668. The molecule has 2 aromatic carbocycles. The minimum absolute atomic E-state index is 0.0363. The van der Waals surface area contributed by atoms with E-state index in [1.165, 1.54) is 5.56 Å². The van der Waals surface area contributed by atoms with E-state index in [4.69, 9.17) is 12.2 Å². The molecule has 0 aromatic heterocycles. The van der Waals surface area contributed by atoms with Gasteiger partial charge in [0.1, 0.15) is 0 Å². The van der Waals surface area contributed by atoms with E-state index >= 15 is 0 Å². The molecule has 3 heteroatoms. The Labute approximate surface area is 117 Å². The van der Waals surface area contributed by atoms with Gasteiger partial charge in [-0.3, -0.25) is 4.79 Å². The molecule has 1 aliphatic rings. The second-order valence-electron chi connectivity index (χ2n) is 4.76. The van der Waals surface area contributed by atoms with Crippen molar-refractivity contribution in [3.05, 3.63) is 64.7 Å². The van der Waals surface area contributed by atoms with Crippen LogP contribution in [-0.4, -0.2) is 10.8 Å². The third-order valence-corrected chi connectivity index (χ3v) is 3.78. The molecule has 2 aromatic rings. The Hall–Kier alpha value is -2.00. The first-order valence-electron chi connectivity index (χ1n) is 6.18. The summed E-state index contributed by atoms with van der Waals surface area (Å²) in [5, 5.41) is 2.90. The largest absolute Gasteiger partial charge is 0.325 e. The number of hydrogen-bond donors (Lipinski definition) is 1. The normalized spacial score (nSPS) is 13.0. The molecular weight excluding hydrogens is 254 g/mol. The predicted octanol–water partition coefficient (Wildman–Crippen LogP) is 3.26. The molecule has 94 valence electrons. The lowest BCUT2D eigenvalue weighted by Gasteiger charge is -2.10. The molecule has 0 fully saturated rings. The van der Waals surface area contributed by atoms with Gasteiger partial charge in [-0.25, -0.2) is 0 Å². The number of hydrogen-bond acceptors (Lipinski definition) is 2. The molecule has 3 rings (SSSR count). The summed E-state index contributed by atoms with van der Waals surface area (Å²) in [6, 6.07) is 14.0. The zero-order valence-corrected chi connectivity index (χ0v) is 11.4. The van der Waals surface area contributed by atoms with Crippen molar-refractivity contribution in [2.75, 3.05) is 5.32 Å². The van der Waals surface area contributed by atoms with Crippen LogP contribution in [0.25, 0.3) is 0 Å². The molecule has 1 N–H and O–H groups in total. The molecule has 19 heavy (non-hydrogen) atoms. The predicted molar refractivity (Wildman–Crippen MR) is 80.8 cm³/mol. The number of fused-ring (bicyclic) bond motifs is 1. The zero-order valence-electron chi connectivity index (χ0n) is 10.6. The molecule has 1 heterocycles. The Bertz CT molecular complexity index is 674. The van der Waals surface area contributed by atoms with Crippen molar-refractivity contribution >= 4 is 28.7 Å². The number of amides is 1.